The third kappa shape index (κ3) is 1.84. The molecule has 0 unspecified atom stereocenters. The molecule has 18 heavy (non-hydrogen) atoms. The molecule has 0 atom stereocenters. The van der Waals surface area contributed by atoms with Crippen molar-refractivity contribution in [1.29, 1.82) is 0 Å². The molecular weight excluding hydrogens is 242 g/mol. The van der Waals surface area contributed by atoms with E-state index in [9.17, 15) is 0 Å². The van der Waals surface area contributed by atoms with Crippen LogP contribution in [0.1, 0.15) is 11.1 Å². The van der Waals surface area contributed by atoms with Crippen LogP contribution in [0.3, 0.4) is 0 Å². The highest BCUT2D eigenvalue weighted by molar-refractivity contribution is 7.18. The van der Waals surface area contributed by atoms with Gasteiger partial charge in [0, 0.05) is 4.88 Å². The fourth-order valence-corrected chi connectivity index (χ4v) is 3.25. The summed E-state index contributed by atoms with van der Waals surface area (Å²) in [7, 11) is 0. The SMILES string of the molecule is Cc1cccc(C)c1-c1ccc(-c2ncn[nH]2)s1. The molecular formula is C14H13N3S. The van der Waals surface area contributed by atoms with Gasteiger partial charge < -0.3 is 0 Å². The van der Waals surface area contributed by atoms with Gasteiger partial charge in [0.05, 0.1) is 4.88 Å². The lowest BCUT2D eigenvalue weighted by atomic mass is 10.0. The first-order valence-electron chi connectivity index (χ1n) is 5.78. The van der Waals surface area contributed by atoms with E-state index in [1.54, 1.807) is 11.3 Å². The third-order valence-corrected chi connectivity index (χ3v) is 4.09. The Bertz CT molecular complexity index is 648. The van der Waals surface area contributed by atoms with Gasteiger partial charge in [0.25, 0.3) is 0 Å². The molecule has 3 aromatic rings. The number of aromatic amines is 1. The zero-order valence-corrected chi connectivity index (χ0v) is 11.1. The van der Waals surface area contributed by atoms with E-state index in [0.29, 0.717) is 0 Å². The first kappa shape index (κ1) is 11.2. The summed E-state index contributed by atoms with van der Waals surface area (Å²) in [5.74, 6) is 0.831. The highest BCUT2D eigenvalue weighted by Crippen LogP contribution is 2.36. The summed E-state index contributed by atoms with van der Waals surface area (Å²) < 4.78 is 0. The molecule has 0 radical (unpaired) electrons. The standard InChI is InChI=1S/C14H13N3S/c1-9-4-3-5-10(2)13(9)11-6-7-12(18-11)14-15-8-16-17-14/h3-8H,1-2H3,(H,15,16,17). The molecule has 0 aliphatic rings. The number of hydrogen-bond donors (Lipinski definition) is 1. The van der Waals surface area contributed by atoms with Crippen LogP contribution in [0, 0.1) is 13.8 Å². The van der Waals surface area contributed by atoms with E-state index in [1.165, 1.54) is 27.9 Å². The highest BCUT2D eigenvalue weighted by Gasteiger charge is 2.10. The predicted molar refractivity (Wildman–Crippen MR) is 74.6 cm³/mol. The van der Waals surface area contributed by atoms with Crippen LogP contribution in [0.2, 0.25) is 0 Å². The molecule has 0 saturated carbocycles. The minimum atomic E-state index is 0.831. The average molecular weight is 255 g/mol. The lowest BCUT2D eigenvalue weighted by Gasteiger charge is -2.06. The summed E-state index contributed by atoms with van der Waals surface area (Å²) in [6.45, 7) is 4.30. The van der Waals surface area contributed by atoms with Crippen molar-refractivity contribution in [3.05, 3.63) is 47.8 Å². The molecule has 3 nitrogen and oxygen atoms in total. The van der Waals surface area contributed by atoms with Crippen molar-refractivity contribution in [2.24, 2.45) is 0 Å². The summed E-state index contributed by atoms with van der Waals surface area (Å²) in [4.78, 5) is 6.57. The number of thiophene rings is 1. The lowest BCUT2D eigenvalue weighted by molar-refractivity contribution is 1.10. The zero-order chi connectivity index (χ0) is 12.5. The lowest BCUT2D eigenvalue weighted by Crippen LogP contribution is -1.84. The Balaban J connectivity index is 2.09. The van der Waals surface area contributed by atoms with E-state index >= 15 is 0 Å². The molecule has 0 fully saturated rings. The fourth-order valence-electron chi connectivity index (χ4n) is 2.13. The summed E-state index contributed by atoms with van der Waals surface area (Å²) >= 11 is 1.74. The summed E-state index contributed by atoms with van der Waals surface area (Å²) in [6, 6.07) is 10.6. The van der Waals surface area contributed by atoms with Crippen molar-refractivity contribution >= 4 is 11.3 Å². The molecule has 0 saturated heterocycles. The van der Waals surface area contributed by atoms with E-state index in [-0.39, 0.29) is 0 Å². The van der Waals surface area contributed by atoms with Gasteiger partial charge in [-0.25, -0.2) is 4.98 Å². The molecule has 4 heteroatoms. The molecule has 0 aliphatic carbocycles. The Hall–Kier alpha value is -1.94. The number of nitrogens with zero attached hydrogens (tertiary/aromatic N) is 2. The molecule has 0 spiro atoms. The van der Waals surface area contributed by atoms with Gasteiger partial charge in [0.15, 0.2) is 5.82 Å². The molecule has 0 amide bonds. The van der Waals surface area contributed by atoms with Gasteiger partial charge in [-0.1, -0.05) is 18.2 Å². The first-order chi connectivity index (χ1) is 8.75. The second-order valence-corrected chi connectivity index (χ2v) is 5.35. The Morgan fingerprint density at radius 1 is 1.00 bits per heavy atom. The minimum absolute atomic E-state index is 0.831. The van der Waals surface area contributed by atoms with Gasteiger partial charge in [0.2, 0.25) is 0 Å². The number of nitrogens with one attached hydrogen (secondary N) is 1. The average Bonchev–Trinajstić information content (AvgIpc) is 2.99. The van der Waals surface area contributed by atoms with Gasteiger partial charge in [-0.2, -0.15) is 5.10 Å². The van der Waals surface area contributed by atoms with Gasteiger partial charge in [-0.3, -0.25) is 5.10 Å². The second-order valence-electron chi connectivity index (χ2n) is 4.26. The van der Waals surface area contributed by atoms with Crippen molar-refractivity contribution in [3.8, 4) is 21.1 Å². The molecule has 1 aromatic carbocycles. The van der Waals surface area contributed by atoms with E-state index in [4.69, 9.17) is 0 Å². The fraction of sp³-hybridized carbons (Fsp3) is 0.143. The number of aryl methyl sites for hydroxylation is 2. The van der Waals surface area contributed by atoms with Crippen LogP contribution in [-0.4, -0.2) is 15.2 Å². The summed E-state index contributed by atoms with van der Waals surface area (Å²) in [5, 5.41) is 6.78. The predicted octanol–water partition coefficient (Wildman–Crippen LogP) is 3.82. The van der Waals surface area contributed by atoms with Crippen LogP contribution < -0.4 is 0 Å². The van der Waals surface area contributed by atoms with Crippen LogP contribution in [0.4, 0.5) is 0 Å². The summed E-state index contributed by atoms with van der Waals surface area (Å²) in [5.41, 5.74) is 3.94. The number of hydrogen-bond acceptors (Lipinski definition) is 3. The molecule has 0 aliphatic heterocycles. The van der Waals surface area contributed by atoms with E-state index in [0.717, 1.165) is 10.7 Å². The number of aromatic nitrogens is 3. The van der Waals surface area contributed by atoms with E-state index in [2.05, 4.69) is 59.4 Å². The van der Waals surface area contributed by atoms with Crippen LogP contribution in [0.5, 0.6) is 0 Å². The molecule has 1 N–H and O–H groups in total. The monoisotopic (exact) mass is 255 g/mol. The highest BCUT2D eigenvalue weighted by atomic mass is 32.1. The van der Waals surface area contributed by atoms with Crippen molar-refractivity contribution in [2.45, 2.75) is 13.8 Å². The van der Waals surface area contributed by atoms with Gasteiger partial charge in [-0.15, -0.1) is 11.3 Å². The van der Waals surface area contributed by atoms with Crippen LogP contribution in [0.25, 0.3) is 21.1 Å². The number of rotatable bonds is 2. The minimum Gasteiger partial charge on any atom is -0.259 e. The van der Waals surface area contributed by atoms with Crippen LogP contribution >= 0.6 is 11.3 Å². The number of benzene rings is 1. The van der Waals surface area contributed by atoms with Crippen molar-refractivity contribution in [3.63, 3.8) is 0 Å². The maximum absolute atomic E-state index is 4.18. The Morgan fingerprint density at radius 3 is 2.39 bits per heavy atom. The Morgan fingerprint density at radius 2 is 1.72 bits per heavy atom. The maximum Gasteiger partial charge on any atom is 0.165 e. The smallest absolute Gasteiger partial charge is 0.165 e. The zero-order valence-electron chi connectivity index (χ0n) is 10.3. The molecule has 3 rings (SSSR count). The molecule has 2 aromatic heterocycles. The van der Waals surface area contributed by atoms with Gasteiger partial charge >= 0.3 is 0 Å². The molecule has 2 heterocycles. The van der Waals surface area contributed by atoms with E-state index in [1.807, 2.05) is 0 Å². The molecule has 90 valence electrons. The second kappa shape index (κ2) is 4.38. The van der Waals surface area contributed by atoms with E-state index < -0.39 is 0 Å². The Labute approximate surface area is 110 Å². The maximum atomic E-state index is 4.18. The van der Waals surface area contributed by atoms with Crippen molar-refractivity contribution in [1.82, 2.24) is 15.2 Å². The largest absolute Gasteiger partial charge is 0.259 e. The van der Waals surface area contributed by atoms with Crippen LogP contribution in [0.15, 0.2) is 36.7 Å². The number of H-pyrrole nitrogens is 1. The van der Waals surface area contributed by atoms with Gasteiger partial charge in [-0.05, 0) is 42.7 Å². The quantitative estimate of drug-likeness (QED) is 0.756. The van der Waals surface area contributed by atoms with Crippen molar-refractivity contribution in [2.75, 3.05) is 0 Å². The first-order valence-corrected chi connectivity index (χ1v) is 6.59. The topological polar surface area (TPSA) is 41.6 Å². The summed E-state index contributed by atoms with van der Waals surface area (Å²) in [6.07, 6.45) is 1.54. The van der Waals surface area contributed by atoms with Gasteiger partial charge in [0.1, 0.15) is 6.33 Å². The van der Waals surface area contributed by atoms with Crippen LogP contribution in [-0.2, 0) is 0 Å². The normalized spacial score (nSPS) is 10.8. The Kier molecular flexibility index (Phi) is 2.72. The van der Waals surface area contributed by atoms with Crippen molar-refractivity contribution < 1.29 is 0 Å². The third-order valence-electron chi connectivity index (χ3n) is 2.98. The molecule has 0 bridgehead atoms.